The molecule has 5 rings (SSSR count). The third-order valence-corrected chi connectivity index (χ3v) is 6.09. The predicted octanol–water partition coefficient (Wildman–Crippen LogP) is 4.57. The quantitative estimate of drug-likeness (QED) is 0.266. The lowest BCUT2D eigenvalue weighted by molar-refractivity contribution is -0.141. The van der Waals surface area contributed by atoms with Crippen LogP contribution in [0, 0.1) is 13.8 Å². The van der Waals surface area contributed by atoms with Crippen LogP contribution in [0.3, 0.4) is 0 Å². The molecule has 1 aliphatic heterocycles. The Bertz CT molecular complexity index is 1390. The van der Waals surface area contributed by atoms with Crippen molar-refractivity contribution in [1.82, 2.24) is 9.55 Å². The van der Waals surface area contributed by atoms with Crippen LogP contribution in [0.1, 0.15) is 27.4 Å². The van der Waals surface area contributed by atoms with Crippen molar-refractivity contribution in [3.05, 3.63) is 89.6 Å². The highest BCUT2D eigenvalue weighted by atomic mass is 16.6. The van der Waals surface area contributed by atoms with Gasteiger partial charge in [-0.2, -0.15) is 0 Å². The van der Waals surface area contributed by atoms with Crippen LogP contribution in [0.4, 0.5) is 0 Å². The number of hydrogen-bond donors (Lipinski definition) is 0. The molecule has 0 saturated heterocycles. The van der Waals surface area contributed by atoms with E-state index in [1.165, 1.54) is 6.26 Å². The second-order valence-electron chi connectivity index (χ2n) is 8.66. The average Bonchev–Trinajstić information content (AvgIpc) is 3.47. The highest BCUT2D eigenvalue weighted by molar-refractivity contribution is 5.99. The third-order valence-electron chi connectivity index (χ3n) is 6.09. The lowest BCUT2D eigenvalue weighted by Gasteiger charge is -2.27. The number of rotatable bonds is 8. The molecule has 8 nitrogen and oxygen atoms in total. The summed E-state index contributed by atoms with van der Waals surface area (Å²) in [6.07, 6.45) is 1.16. The second kappa shape index (κ2) is 10.1. The number of oxazole rings is 1. The molecule has 0 saturated carbocycles. The van der Waals surface area contributed by atoms with Gasteiger partial charge in [0.05, 0.1) is 18.7 Å². The van der Waals surface area contributed by atoms with Crippen molar-refractivity contribution in [2.45, 2.75) is 32.9 Å². The zero-order valence-corrected chi connectivity index (χ0v) is 20.1. The predicted molar refractivity (Wildman–Crippen MR) is 131 cm³/mol. The zero-order valence-electron chi connectivity index (χ0n) is 20.1. The Kier molecular flexibility index (Phi) is 6.58. The van der Waals surface area contributed by atoms with E-state index in [2.05, 4.69) is 4.98 Å². The molecule has 0 amide bonds. The minimum Gasteiger partial charge on any atom is -0.486 e. The van der Waals surface area contributed by atoms with Gasteiger partial charge >= 0.3 is 5.97 Å². The highest BCUT2D eigenvalue weighted by Crippen LogP contribution is 2.31. The highest BCUT2D eigenvalue weighted by Gasteiger charge is 2.24. The van der Waals surface area contributed by atoms with E-state index in [1.807, 2.05) is 79.1 Å². The molecule has 1 aliphatic rings. The minimum atomic E-state index is -0.545. The molecule has 0 aliphatic carbocycles. The van der Waals surface area contributed by atoms with Gasteiger partial charge in [-0.3, -0.25) is 9.59 Å². The fraction of sp³-hybridized carbons (Fsp3) is 0.250. The van der Waals surface area contributed by atoms with Gasteiger partial charge in [-0.15, -0.1) is 0 Å². The topological polar surface area (TPSA) is 92.8 Å². The molecule has 1 unspecified atom stereocenters. The van der Waals surface area contributed by atoms with Crippen molar-refractivity contribution >= 4 is 11.8 Å². The normalized spacial score (nSPS) is 14.4. The van der Waals surface area contributed by atoms with Gasteiger partial charge in [0.15, 0.2) is 24.2 Å². The Labute approximate surface area is 208 Å². The van der Waals surface area contributed by atoms with Crippen LogP contribution in [0.2, 0.25) is 0 Å². The van der Waals surface area contributed by atoms with Gasteiger partial charge in [-0.25, -0.2) is 4.98 Å². The monoisotopic (exact) mass is 486 g/mol. The maximum atomic E-state index is 12.9. The summed E-state index contributed by atoms with van der Waals surface area (Å²) in [5.74, 6) is 1.06. The van der Waals surface area contributed by atoms with Gasteiger partial charge in [0, 0.05) is 22.5 Å². The second-order valence-corrected chi connectivity index (χ2v) is 8.66. The van der Waals surface area contributed by atoms with E-state index < -0.39 is 5.97 Å². The van der Waals surface area contributed by atoms with Crippen LogP contribution in [-0.4, -0.2) is 40.6 Å². The Morgan fingerprint density at radius 3 is 2.61 bits per heavy atom. The molecule has 1 atom stereocenters. The van der Waals surface area contributed by atoms with Crippen LogP contribution < -0.4 is 9.47 Å². The molecule has 4 aromatic rings. The average molecular weight is 487 g/mol. The number of fused-ring (bicyclic) bond motifs is 1. The molecule has 36 heavy (non-hydrogen) atoms. The fourth-order valence-corrected chi connectivity index (χ4v) is 4.25. The van der Waals surface area contributed by atoms with Gasteiger partial charge < -0.3 is 23.2 Å². The van der Waals surface area contributed by atoms with Crippen molar-refractivity contribution in [3.8, 4) is 23.0 Å². The number of esters is 1. The first-order chi connectivity index (χ1) is 17.5. The van der Waals surface area contributed by atoms with Crippen molar-refractivity contribution < 1.29 is 28.2 Å². The lowest BCUT2D eigenvalue weighted by atomic mass is 10.1. The number of aryl methyl sites for hydroxylation is 1. The van der Waals surface area contributed by atoms with Gasteiger partial charge in [0.25, 0.3) is 0 Å². The van der Waals surface area contributed by atoms with Crippen molar-refractivity contribution in [1.29, 1.82) is 0 Å². The van der Waals surface area contributed by atoms with Crippen molar-refractivity contribution in [3.63, 3.8) is 0 Å². The number of ketones is 1. The number of carbonyl (C=O) groups excluding carboxylic acids is 2. The first-order valence-electron chi connectivity index (χ1n) is 11.7. The molecule has 2 aromatic carbocycles. The van der Waals surface area contributed by atoms with Crippen LogP contribution in [0.15, 0.2) is 71.3 Å². The molecule has 0 bridgehead atoms. The zero-order chi connectivity index (χ0) is 25.1. The molecule has 3 heterocycles. The standard InChI is InChI=1S/C28H26N2O6/c1-18-12-23(19(2)30(18)14-22-16-33-25-10-6-7-11-26(25)36-22)24(31)17-34-27(32)13-21-15-35-28(29-21)20-8-4-3-5-9-20/h3-12,15,22H,13-14,16-17H2,1-2H3. The molecule has 0 radical (unpaired) electrons. The molecule has 2 aromatic heterocycles. The lowest BCUT2D eigenvalue weighted by Crippen LogP contribution is -2.33. The SMILES string of the molecule is Cc1cc(C(=O)COC(=O)Cc2coc(-c3ccccc3)n2)c(C)n1CC1COc2ccccc2O1. The number of nitrogens with zero attached hydrogens (tertiary/aromatic N) is 2. The van der Waals surface area contributed by atoms with E-state index in [0.29, 0.717) is 36.0 Å². The maximum Gasteiger partial charge on any atom is 0.312 e. The summed E-state index contributed by atoms with van der Waals surface area (Å²) in [5.41, 5.74) is 3.49. The number of aromatic nitrogens is 2. The van der Waals surface area contributed by atoms with E-state index in [1.54, 1.807) is 0 Å². The first-order valence-corrected chi connectivity index (χ1v) is 11.7. The molecule has 0 fully saturated rings. The smallest absolute Gasteiger partial charge is 0.312 e. The summed E-state index contributed by atoms with van der Waals surface area (Å²) < 4.78 is 24.6. The number of ether oxygens (including phenoxy) is 3. The Morgan fingerprint density at radius 2 is 1.81 bits per heavy atom. The first kappa shape index (κ1) is 23.4. The number of Topliss-reactive ketones (excluding diaryl/α,β-unsaturated/α-hetero) is 1. The van der Waals surface area contributed by atoms with Gasteiger partial charge in [-0.05, 0) is 44.2 Å². The van der Waals surface area contributed by atoms with Crippen LogP contribution in [-0.2, 0) is 22.5 Å². The number of hydrogen-bond acceptors (Lipinski definition) is 7. The van der Waals surface area contributed by atoms with E-state index in [9.17, 15) is 9.59 Å². The molecule has 184 valence electrons. The van der Waals surface area contributed by atoms with E-state index >= 15 is 0 Å². The number of para-hydroxylation sites is 2. The van der Waals surface area contributed by atoms with Gasteiger partial charge in [0.2, 0.25) is 11.7 Å². The summed E-state index contributed by atoms with van der Waals surface area (Å²) in [6, 6.07) is 18.8. The summed E-state index contributed by atoms with van der Waals surface area (Å²) >= 11 is 0. The molecular formula is C28H26N2O6. The van der Waals surface area contributed by atoms with E-state index in [-0.39, 0.29) is 24.9 Å². The summed E-state index contributed by atoms with van der Waals surface area (Å²) in [6.45, 7) is 4.42. The molecular weight excluding hydrogens is 460 g/mol. The van der Waals surface area contributed by atoms with Crippen molar-refractivity contribution in [2.75, 3.05) is 13.2 Å². The van der Waals surface area contributed by atoms with E-state index in [0.717, 1.165) is 22.7 Å². The summed E-state index contributed by atoms with van der Waals surface area (Å²) in [7, 11) is 0. The summed E-state index contributed by atoms with van der Waals surface area (Å²) in [5, 5.41) is 0. The van der Waals surface area contributed by atoms with Gasteiger partial charge in [-0.1, -0.05) is 30.3 Å². The Balaban J connectivity index is 1.17. The molecule has 0 spiro atoms. The van der Waals surface area contributed by atoms with Crippen LogP contribution in [0.25, 0.3) is 11.5 Å². The number of benzene rings is 2. The molecule has 8 heteroatoms. The maximum absolute atomic E-state index is 12.9. The van der Waals surface area contributed by atoms with Crippen molar-refractivity contribution in [2.24, 2.45) is 0 Å². The molecule has 0 N–H and O–H groups in total. The summed E-state index contributed by atoms with van der Waals surface area (Å²) in [4.78, 5) is 29.5. The van der Waals surface area contributed by atoms with Crippen LogP contribution >= 0.6 is 0 Å². The Hall–Kier alpha value is -4.33. The number of carbonyl (C=O) groups is 2. The van der Waals surface area contributed by atoms with Gasteiger partial charge in [0.1, 0.15) is 12.9 Å². The fourth-order valence-electron chi connectivity index (χ4n) is 4.25. The van der Waals surface area contributed by atoms with Crippen LogP contribution in [0.5, 0.6) is 11.5 Å². The Morgan fingerprint density at radius 1 is 1.06 bits per heavy atom. The van der Waals surface area contributed by atoms with E-state index in [4.69, 9.17) is 18.6 Å². The largest absolute Gasteiger partial charge is 0.486 e. The minimum absolute atomic E-state index is 0.0802. The third kappa shape index (κ3) is 5.02.